The van der Waals surface area contributed by atoms with E-state index < -0.39 is 5.97 Å². The van der Waals surface area contributed by atoms with Gasteiger partial charge < -0.3 is 10.4 Å². The monoisotopic (exact) mass is 271 g/mol. The van der Waals surface area contributed by atoms with Gasteiger partial charge in [0, 0.05) is 12.6 Å². The molecule has 2 aromatic rings. The summed E-state index contributed by atoms with van der Waals surface area (Å²) in [5, 5.41) is 14.7. The van der Waals surface area contributed by atoms with Gasteiger partial charge in [0.05, 0.1) is 6.42 Å². The van der Waals surface area contributed by atoms with Gasteiger partial charge in [-0.3, -0.25) is 4.79 Å². The summed E-state index contributed by atoms with van der Waals surface area (Å²) in [5.74, 6) is -0.457. The first-order valence-corrected chi connectivity index (χ1v) is 6.99. The molecule has 2 aromatic carbocycles. The molecule has 2 rings (SSSR count). The van der Waals surface area contributed by atoms with Crippen molar-refractivity contribution < 1.29 is 9.90 Å². The first-order valence-electron chi connectivity index (χ1n) is 6.99. The normalized spacial score (nSPS) is 12.8. The predicted octanol–water partition coefficient (Wildman–Crippen LogP) is 3.43. The first-order chi connectivity index (χ1) is 9.56. The summed E-state index contributed by atoms with van der Waals surface area (Å²) in [6.07, 6.45) is 0.158. The summed E-state index contributed by atoms with van der Waals surface area (Å²) in [7, 11) is 0. The Hall–Kier alpha value is -1.87. The van der Waals surface area contributed by atoms with Gasteiger partial charge in [-0.25, -0.2) is 0 Å². The molecule has 0 aliphatic carbocycles. The molecule has 0 aliphatic heterocycles. The maximum atomic E-state index is 10.9. The van der Waals surface area contributed by atoms with Gasteiger partial charge in [0.1, 0.15) is 0 Å². The van der Waals surface area contributed by atoms with Crippen molar-refractivity contribution in [2.24, 2.45) is 5.92 Å². The number of hydrogen-bond donors (Lipinski definition) is 2. The number of rotatable bonds is 6. The largest absolute Gasteiger partial charge is 0.481 e. The zero-order valence-electron chi connectivity index (χ0n) is 12.0. The van der Waals surface area contributed by atoms with E-state index in [2.05, 4.69) is 35.6 Å². The predicted molar refractivity (Wildman–Crippen MR) is 81.7 cm³/mol. The topological polar surface area (TPSA) is 49.3 Å². The molecule has 0 saturated carbocycles. The highest BCUT2D eigenvalue weighted by atomic mass is 16.4. The second-order valence-electron chi connectivity index (χ2n) is 5.51. The van der Waals surface area contributed by atoms with Crippen molar-refractivity contribution in [3.8, 4) is 0 Å². The van der Waals surface area contributed by atoms with Crippen molar-refractivity contribution in [3.63, 3.8) is 0 Å². The highest BCUT2D eigenvalue weighted by Crippen LogP contribution is 2.16. The first kappa shape index (κ1) is 14.5. The molecule has 0 heterocycles. The molecule has 3 nitrogen and oxygen atoms in total. The number of nitrogens with one attached hydrogen (secondary N) is 1. The van der Waals surface area contributed by atoms with E-state index in [1.54, 1.807) is 0 Å². The molecule has 0 aromatic heterocycles. The molecular weight excluding hydrogens is 250 g/mol. The molecule has 3 heteroatoms. The Morgan fingerprint density at radius 3 is 2.50 bits per heavy atom. The number of benzene rings is 2. The smallest absolute Gasteiger partial charge is 0.304 e. The summed E-state index contributed by atoms with van der Waals surface area (Å²) >= 11 is 0. The van der Waals surface area contributed by atoms with Crippen molar-refractivity contribution in [1.82, 2.24) is 5.32 Å². The zero-order chi connectivity index (χ0) is 14.5. The molecular formula is C17H21NO2. The van der Waals surface area contributed by atoms with Crippen LogP contribution >= 0.6 is 0 Å². The Morgan fingerprint density at radius 1 is 1.15 bits per heavy atom. The number of carbonyl (C=O) groups is 1. The van der Waals surface area contributed by atoms with E-state index in [-0.39, 0.29) is 12.5 Å². The third-order valence-corrected chi connectivity index (χ3v) is 3.58. The molecule has 0 spiro atoms. The number of aliphatic carboxylic acids is 1. The van der Waals surface area contributed by atoms with E-state index in [0.717, 1.165) is 0 Å². The fourth-order valence-electron chi connectivity index (χ4n) is 2.33. The van der Waals surface area contributed by atoms with Crippen LogP contribution in [0.1, 0.15) is 25.8 Å². The van der Waals surface area contributed by atoms with Crippen molar-refractivity contribution >= 4 is 16.7 Å². The van der Waals surface area contributed by atoms with E-state index >= 15 is 0 Å². The second-order valence-corrected chi connectivity index (χ2v) is 5.51. The van der Waals surface area contributed by atoms with E-state index in [9.17, 15) is 4.79 Å². The molecule has 0 saturated heterocycles. The minimum atomic E-state index is -0.755. The van der Waals surface area contributed by atoms with Gasteiger partial charge in [0.25, 0.3) is 0 Å². The second kappa shape index (κ2) is 6.53. The standard InChI is InChI=1S/C17H21NO2/c1-12(2)16(10-17(19)20)18-11-13-7-8-14-5-3-4-6-15(14)9-13/h3-9,12,16,18H,10-11H2,1-2H3,(H,19,20). The van der Waals surface area contributed by atoms with Crippen molar-refractivity contribution in [3.05, 3.63) is 48.0 Å². The molecule has 1 unspecified atom stereocenters. The van der Waals surface area contributed by atoms with Crippen LogP contribution in [0.25, 0.3) is 10.8 Å². The Balaban J connectivity index is 2.05. The fraction of sp³-hybridized carbons (Fsp3) is 0.353. The summed E-state index contributed by atoms with van der Waals surface area (Å²) in [4.78, 5) is 10.9. The summed E-state index contributed by atoms with van der Waals surface area (Å²) in [5.41, 5.74) is 1.18. The quantitative estimate of drug-likeness (QED) is 0.846. The van der Waals surface area contributed by atoms with Crippen LogP contribution in [0.3, 0.4) is 0 Å². The molecule has 0 amide bonds. The molecule has 0 fully saturated rings. The number of carboxylic acid groups (broad SMARTS) is 1. The third kappa shape index (κ3) is 3.81. The minimum absolute atomic E-state index is 0.000953. The lowest BCUT2D eigenvalue weighted by Crippen LogP contribution is -2.35. The molecule has 0 radical (unpaired) electrons. The highest BCUT2D eigenvalue weighted by molar-refractivity contribution is 5.82. The number of fused-ring (bicyclic) bond motifs is 1. The Morgan fingerprint density at radius 2 is 1.85 bits per heavy atom. The Labute approximate surface area is 119 Å². The lowest BCUT2D eigenvalue weighted by Gasteiger charge is -2.20. The Kier molecular flexibility index (Phi) is 4.74. The van der Waals surface area contributed by atoms with E-state index in [1.807, 2.05) is 26.0 Å². The van der Waals surface area contributed by atoms with Crippen LogP contribution in [0, 0.1) is 5.92 Å². The van der Waals surface area contributed by atoms with E-state index in [0.29, 0.717) is 12.5 Å². The molecule has 2 N–H and O–H groups in total. The van der Waals surface area contributed by atoms with Gasteiger partial charge in [-0.15, -0.1) is 0 Å². The van der Waals surface area contributed by atoms with E-state index in [4.69, 9.17) is 5.11 Å². The number of hydrogen-bond acceptors (Lipinski definition) is 2. The third-order valence-electron chi connectivity index (χ3n) is 3.58. The van der Waals surface area contributed by atoms with Crippen LogP contribution in [0.15, 0.2) is 42.5 Å². The van der Waals surface area contributed by atoms with Gasteiger partial charge in [-0.1, -0.05) is 50.2 Å². The summed E-state index contributed by atoms with van der Waals surface area (Å²) < 4.78 is 0. The number of carboxylic acids is 1. The van der Waals surface area contributed by atoms with Crippen molar-refractivity contribution in [2.45, 2.75) is 32.9 Å². The minimum Gasteiger partial charge on any atom is -0.481 e. The Bertz CT molecular complexity index is 592. The van der Waals surface area contributed by atoms with Gasteiger partial charge in [0.2, 0.25) is 0 Å². The summed E-state index contributed by atoms with van der Waals surface area (Å²) in [6.45, 7) is 4.78. The van der Waals surface area contributed by atoms with Crippen LogP contribution in [-0.2, 0) is 11.3 Å². The average molecular weight is 271 g/mol. The molecule has 1 atom stereocenters. The van der Waals surface area contributed by atoms with Crippen LogP contribution in [0.2, 0.25) is 0 Å². The van der Waals surface area contributed by atoms with E-state index in [1.165, 1.54) is 16.3 Å². The fourth-order valence-corrected chi connectivity index (χ4v) is 2.33. The van der Waals surface area contributed by atoms with Crippen LogP contribution in [0.4, 0.5) is 0 Å². The van der Waals surface area contributed by atoms with Crippen molar-refractivity contribution in [1.29, 1.82) is 0 Å². The maximum absolute atomic E-state index is 10.9. The molecule has 106 valence electrons. The van der Waals surface area contributed by atoms with Gasteiger partial charge >= 0.3 is 5.97 Å². The SMILES string of the molecule is CC(C)C(CC(=O)O)NCc1ccc2ccccc2c1. The van der Waals surface area contributed by atoms with Crippen LogP contribution in [-0.4, -0.2) is 17.1 Å². The van der Waals surface area contributed by atoms with Gasteiger partial charge in [-0.05, 0) is 28.3 Å². The zero-order valence-corrected chi connectivity index (χ0v) is 12.0. The van der Waals surface area contributed by atoms with Crippen LogP contribution < -0.4 is 5.32 Å². The van der Waals surface area contributed by atoms with Gasteiger partial charge in [0.15, 0.2) is 0 Å². The lowest BCUT2D eigenvalue weighted by atomic mass is 10.0. The highest BCUT2D eigenvalue weighted by Gasteiger charge is 2.16. The van der Waals surface area contributed by atoms with Crippen LogP contribution in [0.5, 0.6) is 0 Å². The van der Waals surface area contributed by atoms with Gasteiger partial charge in [-0.2, -0.15) is 0 Å². The average Bonchev–Trinajstić information content (AvgIpc) is 2.42. The lowest BCUT2D eigenvalue weighted by molar-refractivity contribution is -0.137. The van der Waals surface area contributed by atoms with Crippen molar-refractivity contribution in [2.75, 3.05) is 0 Å². The molecule has 20 heavy (non-hydrogen) atoms. The molecule has 0 bridgehead atoms. The molecule has 0 aliphatic rings. The maximum Gasteiger partial charge on any atom is 0.304 e. The summed E-state index contributed by atoms with van der Waals surface area (Å²) in [6, 6.07) is 14.6.